The van der Waals surface area contributed by atoms with Crippen molar-refractivity contribution in [1.82, 2.24) is 16.0 Å². The lowest BCUT2D eigenvalue weighted by molar-refractivity contribution is -0.122. The van der Waals surface area contributed by atoms with E-state index in [4.69, 9.17) is 0 Å². The minimum atomic E-state index is -0.651. The maximum absolute atomic E-state index is 12.2. The molecule has 0 radical (unpaired) electrons. The van der Waals surface area contributed by atoms with Crippen molar-refractivity contribution in [2.24, 2.45) is 0 Å². The highest BCUT2D eigenvalue weighted by molar-refractivity contribution is 9.11. The quantitative estimate of drug-likeness (QED) is 0.607. The van der Waals surface area contributed by atoms with E-state index in [1.54, 1.807) is 31.2 Å². The summed E-state index contributed by atoms with van der Waals surface area (Å²) in [5.41, 5.74) is 1.49. The molecule has 1 fully saturated rings. The summed E-state index contributed by atoms with van der Waals surface area (Å²) in [4.78, 5) is 36.8. The molecule has 142 valence electrons. The molecule has 1 unspecified atom stereocenters. The number of hydrogen-bond acceptors (Lipinski definition) is 4. The number of rotatable bonds is 7. The van der Waals surface area contributed by atoms with E-state index < -0.39 is 6.04 Å². The summed E-state index contributed by atoms with van der Waals surface area (Å²) in [7, 11) is 0. The predicted molar refractivity (Wildman–Crippen MR) is 108 cm³/mol. The lowest BCUT2D eigenvalue weighted by Gasteiger charge is -2.14. The molecule has 3 rings (SSSR count). The molecule has 3 amide bonds. The van der Waals surface area contributed by atoms with E-state index in [2.05, 4.69) is 31.9 Å². The lowest BCUT2D eigenvalue weighted by atomic mass is 10.1. The van der Waals surface area contributed by atoms with E-state index in [1.165, 1.54) is 11.3 Å². The van der Waals surface area contributed by atoms with Crippen LogP contribution in [0.1, 0.15) is 45.4 Å². The van der Waals surface area contributed by atoms with Crippen molar-refractivity contribution in [2.75, 3.05) is 0 Å². The van der Waals surface area contributed by atoms with Gasteiger partial charge < -0.3 is 16.0 Å². The van der Waals surface area contributed by atoms with Crippen molar-refractivity contribution in [1.29, 1.82) is 0 Å². The average Bonchev–Trinajstić information content (AvgIpc) is 3.36. The highest BCUT2D eigenvalue weighted by Gasteiger charge is 2.23. The Hall–Kier alpha value is -2.19. The first-order valence-electron chi connectivity index (χ1n) is 8.66. The van der Waals surface area contributed by atoms with Gasteiger partial charge in [0.05, 0.1) is 8.66 Å². The molecular formula is C19H20BrN3O3S. The van der Waals surface area contributed by atoms with Crippen LogP contribution in [0, 0.1) is 0 Å². The van der Waals surface area contributed by atoms with E-state index in [1.807, 2.05) is 12.1 Å². The fraction of sp³-hybridized carbons (Fsp3) is 0.316. The first-order chi connectivity index (χ1) is 12.9. The Bertz CT molecular complexity index is 846. The van der Waals surface area contributed by atoms with Crippen LogP contribution in [0.3, 0.4) is 0 Å². The Balaban J connectivity index is 1.46. The van der Waals surface area contributed by atoms with Crippen molar-refractivity contribution in [2.45, 2.75) is 38.4 Å². The molecule has 6 nitrogen and oxygen atoms in total. The van der Waals surface area contributed by atoms with Gasteiger partial charge >= 0.3 is 0 Å². The van der Waals surface area contributed by atoms with Crippen LogP contribution in [0.25, 0.3) is 0 Å². The fourth-order valence-electron chi connectivity index (χ4n) is 2.38. The van der Waals surface area contributed by atoms with Crippen LogP contribution in [-0.4, -0.2) is 29.8 Å². The van der Waals surface area contributed by atoms with E-state index >= 15 is 0 Å². The summed E-state index contributed by atoms with van der Waals surface area (Å²) >= 11 is 4.62. The smallest absolute Gasteiger partial charge is 0.262 e. The van der Waals surface area contributed by atoms with Gasteiger partial charge in [-0.15, -0.1) is 11.3 Å². The highest BCUT2D eigenvalue weighted by Crippen LogP contribution is 2.22. The standard InChI is InChI=1S/C19H20BrN3O3S/c1-11(22-19(26)15-8-9-16(20)27-15)17(24)21-10-12-2-4-13(5-3-12)18(25)23-14-6-7-14/h2-5,8-9,11,14H,6-7,10H2,1H3,(H,21,24)(H,22,26)(H,23,25). The molecule has 0 saturated heterocycles. The topological polar surface area (TPSA) is 87.3 Å². The van der Waals surface area contributed by atoms with Gasteiger partial charge in [0, 0.05) is 18.2 Å². The molecule has 1 heterocycles. The summed E-state index contributed by atoms with van der Waals surface area (Å²) in [6.45, 7) is 1.97. The van der Waals surface area contributed by atoms with E-state index in [0.717, 1.165) is 22.2 Å². The molecule has 1 aromatic heterocycles. The fourth-order valence-corrected chi connectivity index (χ4v) is 3.67. The molecule has 2 aromatic rings. The molecule has 27 heavy (non-hydrogen) atoms. The molecule has 1 saturated carbocycles. The zero-order chi connectivity index (χ0) is 19.4. The van der Waals surface area contributed by atoms with Gasteiger partial charge in [-0.25, -0.2) is 0 Å². The van der Waals surface area contributed by atoms with Crippen LogP contribution >= 0.6 is 27.3 Å². The monoisotopic (exact) mass is 449 g/mol. The second kappa shape index (κ2) is 8.67. The van der Waals surface area contributed by atoms with Gasteiger partial charge in [0.15, 0.2) is 0 Å². The average molecular weight is 450 g/mol. The van der Waals surface area contributed by atoms with Gasteiger partial charge in [-0.1, -0.05) is 12.1 Å². The second-order valence-electron chi connectivity index (χ2n) is 6.46. The molecule has 1 aliphatic rings. The van der Waals surface area contributed by atoms with Gasteiger partial charge in [-0.3, -0.25) is 14.4 Å². The van der Waals surface area contributed by atoms with Crippen LogP contribution in [0.5, 0.6) is 0 Å². The summed E-state index contributed by atoms with van der Waals surface area (Å²) in [6.07, 6.45) is 2.10. The largest absolute Gasteiger partial charge is 0.350 e. The molecule has 1 aromatic carbocycles. The third-order valence-electron chi connectivity index (χ3n) is 4.13. The van der Waals surface area contributed by atoms with Crippen molar-refractivity contribution < 1.29 is 14.4 Å². The SMILES string of the molecule is CC(NC(=O)c1ccc(Br)s1)C(=O)NCc1ccc(C(=O)NC2CC2)cc1. The Kier molecular flexibility index (Phi) is 6.28. The van der Waals surface area contributed by atoms with Crippen LogP contribution in [0.4, 0.5) is 0 Å². The number of nitrogens with one attached hydrogen (secondary N) is 3. The molecule has 3 N–H and O–H groups in total. The molecule has 0 bridgehead atoms. The first-order valence-corrected chi connectivity index (χ1v) is 10.3. The summed E-state index contributed by atoms with van der Waals surface area (Å²) in [5.74, 6) is -0.612. The number of halogens is 1. The highest BCUT2D eigenvalue weighted by atomic mass is 79.9. The normalized spacial score (nSPS) is 14.3. The molecule has 8 heteroatoms. The zero-order valence-corrected chi connectivity index (χ0v) is 17.2. The van der Waals surface area contributed by atoms with E-state index in [0.29, 0.717) is 23.0 Å². The van der Waals surface area contributed by atoms with Crippen LogP contribution in [0.2, 0.25) is 0 Å². The van der Waals surface area contributed by atoms with Gasteiger partial charge in [0.1, 0.15) is 6.04 Å². The molecular weight excluding hydrogens is 430 g/mol. The van der Waals surface area contributed by atoms with Crippen LogP contribution < -0.4 is 16.0 Å². The van der Waals surface area contributed by atoms with Gasteiger partial charge in [-0.05, 0) is 65.5 Å². The number of benzene rings is 1. The molecule has 1 aliphatic carbocycles. The Morgan fingerprint density at radius 3 is 2.41 bits per heavy atom. The Morgan fingerprint density at radius 2 is 1.81 bits per heavy atom. The third kappa shape index (κ3) is 5.64. The maximum atomic E-state index is 12.2. The predicted octanol–water partition coefficient (Wildman–Crippen LogP) is 2.84. The van der Waals surface area contributed by atoms with Gasteiger partial charge in [0.2, 0.25) is 5.91 Å². The van der Waals surface area contributed by atoms with Crippen LogP contribution in [0.15, 0.2) is 40.2 Å². The number of amides is 3. The lowest BCUT2D eigenvalue weighted by Crippen LogP contribution is -2.44. The van der Waals surface area contributed by atoms with Crippen molar-refractivity contribution in [3.63, 3.8) is 0 Å². The Labute approximate surface area is 169 Å². The van der Waals surface area contributed by atoms with Gasteiger partial charge in [0.25, 0.3) is 11.8 Å². The van der Waals surface area contributed by atoms with Crippen molar-refractivity contribution in [3.8, 4) is 0 Å². The molecule has 0 aliphatic heterocycles. The van der Waals surface area contributed by atoms with Crippen molar-refractivity contribution >= 4 is 45.0 Å². The van der Waals surface area contributed by atoms with E-state index in [9.17, 15) is 14.4 Å². The summed E-state index contributed by atoms with van der Waals surface area (Å²) in [6, 6.07) is 10.3. The summed E-state index contributed by atoms with van der Waals surface area (Å²) in [5, 5.41) is 8.41. The first kappa shape index (κ1) is 19.6. The van der Waals surface area contributed by atoms with Crippen LogP contribution in [-0.2, 0) is 11.3 Å². The minimum Gasteiger partial charge on any atom is -0.350 e. The number of carbonyl (C=O) groups excluding carboxylic acids is 3. The number of carbonyl (C=O) groups is 3. The van der Waals surface area contributed by atoms with Crippen molar-refractivity contribution in [3.05, 3.63) is 56.2 Å². The maximum Gasteiger partial charge on any atom is 0.262 e. The molecule has 0 spiro atoms. The Morgan fingerprint density at radius 1 is 1.11 bits per heavy atom. The molecule has 1 atom stereocenters. The third-order valence-corrected chi connectivity index (χ3v) is 5.76. The number of thiophene rings is 1. The van der Waals surface area contributed by atoms with Gasteiger partial charge in [-0.2, -0.15) is 0 Å². The zero-order valence-electron chi connectivity index (χ0n) is 14.8. The number of hydrogen-bond donors (Lipinski definition) is 3. The minimum absolute atomic E-state index is 0.0652. The van der Waals surface area contributed by atoms with E-state index in [-0.39, 0.29) is 17.7 Å². The second-order valence-corrected chi connectivity index (χ2v) is 8.92. The summed E-state index contributed by atoms with van der Waals surface area (Å²) < 4.78 is 0.860.